The highest BCUT2D eigenvalue weighted by Crippen LogP contribution is 2.41. The van der Waals surface area contributed by atoms with Gasteiger partial charge in [-0.2, -0.15) is 0 Å². The van der Waals surface area contributed by atoms with Crippen LogP contribution in [0.15, 0.2) is 47.0 Å². The lowest BCUT2D eigenvalue weighted by Crippen LogP contribution is -2.31. The number of fused-ring (bicyclic) bond motifs is 1. The molecule has 2 aromatic carbocycles. The Morgan fingerprint density at radius 2 is 1.84 bits per heavy atom. The Bertz CT molecular complexity index is 1640. The van der Waals surface area contributed by atoms with Gasteiger partial charge in [-0.05, 0) is 68.7 Å². The minimum atomic E-state index is -3.32. The Hall–Kier alpha value is -3.21. The molecule has 0 N–H and O–H groups in total. The normalized spacial score (nSPS) is 20.7. The smallest absolute Gasteiger partial charge is 0.227 e. The molecule has 0 aliphatic carbocycles. The van der Waals surface area contributed by atoms with E-state index in [9.17, 15) is 13.2 Å². The summed E-state index contributed by atoms with van der Waals surface area (Å²) < 4.78 is 33.7. The van der Waals surface area contributed by atoms with E-state index in [1.165, 1.54) is 10.6 Å². The van der Waals surface area contributed by atoms with Gasteiger partial charge in [0, 0.05) is 35.8 Å². The number of aryl methyl sites for hydroxylation is 2. The number of benzene rings is 2. The lowest BCUT2D eigenvalue weighted by Gasteiger charge is -2.27. The Morgan fingerprint density at radius 1 is 1.08 bits per heavy atom. The summed E-state index contributed by atoms with van der Waals surface area (Å²) in [7, 11) is -3.32. The van der Waals surface area contributed by atoms with Gasteiger partial charge in [-0.15, -0.1) is 0 Å². The van der Waals surface area contributed by atoms with E-state index in [4.69, 9.17) is 21.1 Å². The van der Waals surface area contributed by atoms with Gasteiger partial charge in [-0.1, -0.05) is 22.8 Å². The average molecular weight is 554 g/mol. The number of carbonyl (C=O) groups excluding carboxylic acids is 1. The first-order chi connectivity index (χ1) is 18.1. The molecule has 4 heterocycles. The van der Waals surface area contributed by atoms with Gasteiger partial charge in [0.25, 0.3) is 0 Å². The van der Waals surface area contributed by atoms with Gasteiger partial charge in [0.05, 0.1) is 35.1 Å². The summed E-state index contributed by atoms with van der Waals surface area (Å²) in [4.78, 5) is 20.0. The number of anilines is 1. The van der Waals surface area contributed by atoms with Crippen LogP contribution in [-0.2, 0) is 14.8 Å². The fraction of sp³-hybridized carbons (Fsp3) is 0.370. The number of hydrogen-bond donors (Lipinski definition) is 0. The van der Waals surface area contributed by atoms with Gasteiger partial charge in [0.1, 0.15) is 11.6 Å². The van der Waals surface area contributed by atoms with Crippen LogP contribution in [0.25, 0.3) is 22.2 Å². The molecule has 0 unspecified atom stereocenters. The molecule has 0 radical (unpaired) electrons. The lowest BCUT2D eigenvalue weighted by molar-refractivity contribution is -0.117. The molecule has 2 aliphatic rings. The van der Waals surface area contributed by atoms with E-state index < -0.39 is 10.0 Å². The number of hydrogen-bond acceptors (Lipinski definition) is 6. The third-order valence-corrected chi connectivity index (χ3v) is 9.14. The number of sulfonamides is 1. The summed E-state index contributed by atoms with van der Waals surface area (Å²) in [6.07, 6.45) is 2.93. The van der Waals surface area contributed by atoms with E-state index in [0.29, 0.717) is 37.4 Å². The standard InChI is InChI=1S/C27H28ClN5O4S/c1-16-26(17(2)37-30-16)18-4-9-23-22(14-18)29-27(33(23)21-12-13-31(15-21)38(3,35)36)24-10-11-25(34)32(24)20-7-5-19(28)6-8-20/h4-9,14,21,24H,10-13,15H2,1-3H3/t21-,24+/m1/s1. The van der Waals surface area contributed by atoms with Crippen LogP contribution < -0.4 is 4.90 Å². The zero-order valence-corrected chi connectivity index (χ0v) is 23.0. The maximum absolute atomic E-state index is 13.1. The van der Waals surface area contributed by atoms with Crippen LogP contribution in [0.2, 0.25) is 5.02 Å². The van der Waals surface area contributed by atoms with Gasteiger partial charge < -0.3 is 14.0 Å². The highest BCUT2D eigenvalue weighted by Gasteiger charge is 2.39. The molecule has 2 aliphatic heterocycles. The van der Waals surface area contributed by atoms with Gasteiger partial charge in [0.15, 0.2) is 0 Å². The van der Waals surface area contributed by atoms with E-state index >= 15 is 0 Å². The third-order valence-electron chi connectivity index (χ3n) is 7.61. The van der Waals surface area contributed by atoms with Crippen molar-refractivity contribution in [1.82, 2.24) is 19.0 Å². The summed E-state index contributed by atoms with van der Waals surface area (Å²) in [5, 5.41) is 4.69. The van der Waals surface area contributed by atoms with E-state index in [-0.39, 0.29) is 18.0 Å². The van der Waals surface area contributed by atoms with Crippen molar-refractivity contribution in [3.8, 4) is 11.1 Å². The predicted octanol–water partition coefficient (Wildman–Crippen LogP) is 5.04. The highest BCUT2D eigenvalue weighted by atomic mass is 35.5. The maximum Gasteiger partial charge on any atom is 0.227 e. The van der Waals surface area contributed by atoms with Crippen LogP contribution >= 0.6 is 11.6 Å². The zero-order chi connectivity index (χ0) is 26.8. The molecule has 2 fully saturated rings. The summed E-state index contributed by atoms with van der Waals surface area (Å²) in [6, 6.07) is 12.9. The van der Waals surface area contributed by atoms with Crippen LogP contribution in [0, 0.1) is 13.8 Å². The second kappa shape index (κ2) is 9.21. The molecule has 2 atom stereocenters. The molecule has 6 rings (SSSR count). The highest BCUT2D eigenvalue weighted by molar-refractivity contribution is 7.88. The van der Waals surface area contributed by atoms with Gasteiger partial charge in [-0.25, -0.2) is 17.7 Å². The molecule has 0 saturated carbocycles. The van der Waals surface area contributed by atoms with Crippen molar-refractivity contribution < 1.29 is 17.7 Å². The number of amides is 1. The van der Waals surface area contributed by atoms with Crippen molar-refractivity contribution in [2.24, 2.45) is 0 Å². The molecule has 0 spiro atoms. The quantitative estimate of drug-likeness (QED) is 0.343. The summed E-state index contributed by atoms with van der Waals surface area (Å²) in [5.74, 6) is 1.52. The number of aromatic nitrogens is 3. The first-order valence-electron chi connectivity index (χ1n) is 12.6. The molecule has 2 aromatic heterocycles. The first-order valence-corrected chi connectivity index (χ1v) is 14.8. The first kappa shape index (κ1) is 25.1. The van der Waals surface area contributed by atoms with E-state index in [2.05, 4.69) is 9.72 Å². The fourth-order valence-corrected chi connectivity index (χ4v) is 6.87. The Morgan fingerprint density at radius 3 is 2.50 bits per heavy atom. The molecule has 11 heteroatoms. The zero-order valence-electron chi connectivity index (χ0n) is 21.4. The molecule has 2 saturated heterocycles. The number of rotatable bonds is 5. The minimum absolute atomic E-state index is 0.0246. The van der Waals surface area contributed by atoms with Crippen molar-refractivity contribution >= 4 is 44.3 Å². The second-order valence-electron chi connectivity index (χ2n) is 10.1. The molecule has 198 valence electrons. The molecule has 9 nitrogen and oxygen atoms in total. The third kappa shape index (κ3) is 4.20. The second-order valence-corrected chi connectivity index (χ2v) is 12.5. The number of halogens is 1. The lowest BCUT2D eigenvalue weighted by atomic mass is 10.0. The van der Waals surface area contributed by atoms with Crippen molar-refractivity contribution in [2.45, 2.75) is 45.2 Å². The Balaban J connectivity index is 1.50. The molecule has 1 amide bonds. The Kier molecular flexibility index (Phi) is 6.08. The van der Waals surface area contributed by atoms with Crippen LogP contribution in [0.4, 0.5) is 5.69 Å². The number of nitrogens with zero attached hydrogens (tertiary/aromatic N) is 5. The van der Waals surface area contributed by atoms with Gasteiger partial charge >= 0.3 is 0 Å². The van der Waals surface area contributed by atoms with E-state index in [1.54, 1.807) is 17.0 Å². The van der Waals surface area contributed by atoms with Crippen molar-refractivity contribution in [3.63, 3.8) is 0 Å². The SMILES string of the molecule is Cc1noc(C)c1-c1ccc2c(c1)nc([C@@H]1CCC(=O)N1c1ccc(Cl)cc1)n2[C@@H]1CCN(S(C)(=O)=O)C1. The summed E-state index contributed by atoms with van der Waals surface area (Å²) in [5.41, 5.74) is 5.15. The topological polar surface area (TPSA) is 102 Å². The van der Waals surface area contributed by atoms with Crippen LogP contribution in [0.1, 0.15) is 48.6 Å². The van der Waals surface area contributed by atoms with Crippen LogP contribution in [0.5, 0.6) is 0 Å². The Labute approximate surface area is 226 Å². The largest absolute Gasteiger partial charge is 0.361 e. The minimum Gasteiger partial charge on any atom is -0.361 e. The number of carbonyl (C=O) groups is 1. The van der Waals surface area contributed by atoms with Crippen molar-refractivity contribution in [3.05, 3.63) is 64.8 Å². The maximum atomic E-state index is 13.1. The van der Waals surface area contributed by atoms with Gasteiger partial charge in [-0.3, -0.25) is 4.79 Å². The fourth-order valence-electron chi connectivity index (χ4n) is 5.86. The monoisotopic (exact) mass is 553 g/mol. The van der Waals surface area contributed by atoms with Gasteiger partial charge in [0.2, 0.25) is 15.9 Å². The van der Waals surface area contributed by atoms with Crippen molar-refractivity contribution in [1.29, 1.82) is 0 Å². The molecule has 38 heavy (non-hydrogen) atoms. The molecule has 4 aromatic rings. The number of imidazole rings is 1. The summed E-state index contributed by atoms with van der Waals surface area (Å²) in [6.45, 7) is 4.61. The van der Waals surface area contributed by atoms with E-state index in [1.807, 2.05) is 44.2 Å². The van der Waals surface area contributed by atoms with Crippen molar-refractivity contribution in [2.75, 3.05) is 24.2 Å². The summed E-state index contributed by atoms with van der Waals surface area (Å²) >= 11 is 6.12. The average Bonchev–Trinajstić information content (AvgIpc) is 3.64. The molecule has 0 bridgehead atoms. The van der Waals surface area contributed by atoms with E-state index in [0.717, 1.165) is 45.1 Å². The predicted molar refractivity (Wildman–Crippen MR) is 146 cm³/mol. The molecular formula is C27H28ClN5O4S. The van der Waals surface area contributed by atoms with Crippen LogP contribution in [-0.4, -0.2) is 52.7 Å². The van der Waals surface area contributed by atoms with Crippen LogP contribution in [0.3, 0.4) is 0 Å². The molecular weight excluding hydrogens is 526 g/mol.